The fourth-order valence-electron chi connectivity index (χ4n) is 2.32. The van der Waals surface area contributed by atoms with Gasteiger partial charge in [0.05, 0.1) is 0 Å². The first-order valence-corrected chi connectivity index (χ1v) is 6.65. The molecule has 1 aliphatic rings. The van der Waals surface area contributed by atoms with Crippen molar-refractivity contribution in [2.75, 3.05) is 18.4 Å². The van der Waals surface area contributed by atoms with Crippen LogP contribution in [0, 0.1) is 0 Å². The van der Waals surface area contributed by atoms with E-state index in [-0.39, 0.29) is 13.1 Å². The molecule has 5 nitrogen and oxygen atoms in total. The van der Waals surface area contributed by atoms with Crippen LogP contribution in [0.15, 0.2) is 24.3 Å². The molecule has 22 heavy (non-hydrogen) atoms. The number of hydrogen-bond donors (Lipinski definition) is 2. The summed E-state index contributed by atoms with van der Waals surface area (Å²) < 4.78 is 38.1. The van der Waals surface area contributed by atoms with Crippen LogP contribution in [0.2, 0.25) is 0 Å². The van der Waals surface area contributed by atoms with E-state index in [4.69, 9.17) is 0 Å². The van der Waals surface area contributed by atoms with E-state index in [1.807, 2.05) is 0 Å². The van der Waals surface area contributed by atoms with Gasteiger partial charge in [0.1, 0.15) is 0 Å². The van der Waals surface area contributed by atoms with Gasteiger partial charge < -0.3 is 15.3 Å². The fraction of sp³-hybridized carbons (Fsp3) is 0.429. The molecular formula is C14H15F3N2O3. The van der Waals surface area contributed by atoms with E-state index < -0.39 is 30.5 Å². The second kappa shape index (κ2) is 5.96. The van der Waals surface area contributed by atoms with Gasteiger partial charge in [-0.25, -0.2) is 0 Å². The standard InChI is InChI=1S/C14H15F3N2O3/c15-14(16,17)13(22)5-7-19(8-6-13)12(21)10-1-3-11(4-2-10)18-9-20/h1-4,9,22H,5-8H2,(H,18,20). The predicted molar refractivity (Wildman–Crippen MR) is 72.3 cm³/mol. The SMILES string of the molecule is O=CNc1ccc(C(=O)N2CCC(O)(C(F)(F)F)CC2)cc1. The van der Waals surface area contributed by atoms with Gasteiger partial charge in [0, 0.05) is 37.2 Å². The number of carbonyl (C=O) groups excluding carboxylic acids is 2. The van der Waals surface area contributed by atoms with Crippen LogP contribution in [-0.2, 0) is 4.79 Å². The Morgan fingerprint density at radius 1 is 1.23 bits per heavy atom. The van der Waals surface area contributed by atoms with Crippen molar-refractivity contribution < 1.29 is 27.9 Å². The first-order chi connectivity index (χ1) is 10.3. The molecule has 2 N–H and O–H groups in total. The summed E-state index contributed by atoms with van der Waals surface area (Å²) in [6.45, 7) is -0.327. The molecule has 120 valence electrons. The van der Waals surface area contributed by atoms with E-state index in [9.17, 15) is 27.9 Å². The highest BCUT2D eigenvalue weighted by Crippen LogP contribution is 2.38. The van der Waals surface area contributed by atoms with Crippen LogP contribution in [0.5, 0.6) is 0 Å². The second-order valence-corrected chi connectivity index (χ2v) is 5.16. The van der Waals surface area contributed by atoms with Gasteiger partial charge in [0.25, 0.3) is 5.91 Å². The van der Waals surface area contributed by atoms with Crippen LogP contribution >= 0.6 is 0 Å². The van der Waals surface area contributed by atoms with E-state index in [1.54, 1.807) is 0 Å². The van der Waals surface area contributed by atoms with Crippen LogP contribution in [0.25, 0.3) is 0 Å². The topological polar surface area (TPSA) is 69.6 Å². The maximum atomic E-state index is 12.7. The Kier molecular flexibility index (Phi) is 4.41. The lowest BCUT2D eigenvalue weighted by Crippen LogP contribution is -2.54. The van der Waals surface area contributed by atoms with Crippen molar-refractivity contribution in [3.05, 3.63) is 29.8 Å². The Morgan fingerprint density at radius 3 is 2.23 bits per heavy atom. The number of nitrogens with zero attached hydrogens (tertiary/aromatic N) is 1. The molecule has 0 unspecified atom stereocenters. The molecule has 1 heterocycles. The number of nitrogens with one attached hydrogen (secondary N) is 1. The molecule has 0 radical (unpaired) electrons. The number of halogens is 3. The van der Waals surface area contributed by atoms with Crippen LogP contribution in [0.1, 0.15) is 23.2 Å². The Hall–Kier alpha value is -2.09. The minimum Gasteiger partial charge on any atom is -0.380 e. The van der Waals surface area contributed by atoms with Gasteiger partial charge in [-0.15, -0.1) is 0 Å². The van der Waals surface area contributed by atoms with E-state index in [2.05, 4.69) is 5.32 Å². The number of anilines is 1. The van der Waals surface area contributed by atoms with Crippen LogP contribution in [-0.4, -0.2) is 47.2 Å². The Balaban J connectivity index is 2.02. The van der Waals surface area contributed by atoms with E-state index >= 15 is 0 Å². The van der Waals surface area contributed by atoms with Crippen LogP contribution in [0.3, 0.4) is 0 Å². The Labute approximate surface area is 124 Å². The number of hydrogen-bond acceptors (Lipinski definition) is 3. The third-order valence-corrected chi connectivity index (χ3v) is 3.76. The van der Waals surface area contributed by atoms with Crippen molar-refractivity contribution in [3.8, 4) is 0 Å². The number of rotatable bonds is 3. The zero-order chi connectivity index (χ0) is 16.4. The van der Waals surface area contributed by atoms with Crippen molar-refractivity contribution >= 4 is 18.0 Å². The number of aliphatic hydroxyl groups is 1. The van der Waals surface area contributed by atoms with Gasteiger partial charge in [0.2, 0.25) is 6.41 Å². The molecule has 0 aliphatic carbocycles. The molecule has 8 heteroatoms. The summed E-state index contributed by atoms with van der Waals surface area (Å²) in [6, 6.07) is 6.02. The molecular weight excluding hydrogens is 301 g/mol. The first kappa shape index (κ1) is 16.3. The van der Waals surface area contributed by atoms with Crippen molar-refractivity contribution in [2.24, 2.45) is 0 Å². The summed E-state index contributed by atoms with van der Waals surface area (Å²) in [7, 11) is 0. The predicted octanol–water partition coefficient (Wildman–Crippen LogP) is 1.78. The van der Waals surface area contributed by atoms with Crippen LogP contribution < -0.4 is 5.32 Å². The zero-order valence-corrected chi connectivity index (χ0v) is 11.6. The normalized spacial score (nSPS) is 17.9. The highest BCUT2D eigenvalue weighted by Gasteiger charge is 2.54. The highest BCUT2D eigenvalue weighted by atomic mass is 19.4. The minimum absolute atomic E-state index is 0.164. The van der Waals surface area contributed by atoms with Crippen molar-refractivity contribution in [2.45, 2.75) is 24.6 Å². The monoisotopic (exact) mass is 316 g/mol. The lowest BCUT2D eigenvalue weighted by molar-refractivity contribution is -0.271. The van der Waals surface area contributed by atoms with Crippen molar-refractivity contribution in [3.63, 3.8) is 0 Å². The molecule has 2 amide bonds. The summed E-state index contributed by atoms with van der Waals surface area (Å²) in [5.41, 5.74) is -1.90. The maximum absolute atomic E-state index is 12.7. The first-order valence-electron chi connectivity index (χ1n) is 6.65. The second-order valence-electron chi connectivity index (χ2n) is 5.16. The summed E-state index contributed by atoms with van der Waals surface area (Å²) in [5.74, 6) is -0.401. The zero-order valence-electron chi connectivity index (χ0n) is 11.6. The average Bonchev–Trinajstić information content (AvgIpc) is 2.47. The highest BCUT2D eigenvalue weighted by molar-refractivity contribution is 5.94. The third kappa shape index (κ3) is 3.22. The Bertz CT molecular complexity index is 549. The fourth-order valence-corrected chi connectivity index (χ4v) is 2.32. The van der Waals surface area contributed by atoms with Gasteiger partial charge in [-0.1, -0.05) is 0 Å². The quantitative estimate of drug-likeness (QED) is 0.835. The molecule has 0 bridgehead atoms. The molecule has 1 fully saturated rings. The molecule has 1 saturated heterocycles. The molecule has 0 atom stereocenters. The van der Waals surface area contributed by atoms with Crippen molar-refractivity contribution in [1.82, 2.24) is 4.90 Å². The number of amides is 2. The third-order valence-electron chi connectivity index (χ3n) is 3.76. The number of carbonyl (C=O) groups is 2. The van der Waals surface area contributed by atoms with Gasteiger partial charge in [-0.2, -0.15) is 13.2 Å². The summed E-state index contributed by atoms with van der Waals surface area (Å²) in [5, 5.41) is 12.0. The van der Waals surface area contributed by atoms with Gasteiger partial charge in [-0.3, -0.25) is 9.59 Å². The van der Waals surface area contributed by atoms with E-state index in [1.165, 1.54) is 29.2 Å². The summed E-state index contributed by atoms with van der Waals surface area (Å²) in [4.78, 5) is 23.8. The van der Waals surface area contributed by atoms with E-state index in [0.29, 0.717) is 17.7 Å². The summed E-state index contributed by atoms with van der Waals surface area (Å²) >= 11 is 0. The molecule has 1 aromatic carbocycles. The van der Waals surface area contributed by atoms with Crippen LogP contribution in [0.4, 0.5) is 18.9 Å². The lowest BCUT2D eigenvalue weighted by atomic mass is 9.90. The van der Waals surface area contributed by atoms with Gasteiger partial charge in [-0.05, 0) is 24.3 Å². The number of piperidine rings is 1. The maximum Gasteiger partial charge on any atom is 0.417 e. The summed E-state index contributed by atoms with van der Waals surface area (Å²) in [6.07, 6.45) is -5.26. The number of benzene rings is 1. The molecule has 0 aromatic heterocycles. The number of alkyl halides is 3. The van der Waals surface area contributed by atoms with E-state index in [0.717, 1.165) is 0 Å². The van der Waals surface area contributed by atoms with Gasteiger partial charge in [0.15, 0.2) is 5.60 Å². The van der Waals surface area contributed by atoms with Crippen molar-refractivity contribution in [1.29, 1.82) is 0 Å². The average molecular weight is 316 g/mol. The molecule has 0 spiro atoms. The molecule has 1 aliphatic heterocycles. The smallest absolute Gasteiger partial charge is 0.380 e. The largest absolute Gasteiger partial charge is 0.417 e. The molecule has 1 aromatic rings. The molecule has 0 saturated carbocycles. The number of likely N-dealkylation sites (tertiary alicyclic amines) is 1. The lowest BCUT2D eigenvalue weighted by Gasteiger charge is -2.39. The Morgan fingerprint density at radius 2 is 1.77 bits per heavy atom. The van der Waals surface area contributed by atoms with Gasteiger partial charge >= 0.3 is 6.18 Å². The molecule has 2 rings (SSSR count). The minimum atomic E-state index is -4.69.